The van der Waals surface area contributed by atoms with Gasteiger partial charge in [0.1, 0.15) is 6.61 Å². The molecule has 0 amide bonds. The Labute approximate surface area is 103 Å². The Hall–Kier alpha value is -2.59. The molecule has 0 saturated heterocycles. The van der Waals surface area contributed by atoms with Crippen molar-refractivity contribution >= 4 is 23.4 Å². The molecule has 0 aromatic rings. The zero-order chi connectivity index (χ0) is 14.2. The molecular weight excluding hydrogens is 238 g/mol. The third kappa shape index (κ3) is 2.75. The monoisotopic (exact) mass is 249 g/mol. The quantitative estimate of drug-likeness (QED) is 0.195. The van der Waals surface area contributed by atoms with Gasteiger partial charge in [0.2, 0.25) is 0 Å². The Morgan fingerprint density at radius 3 is 1.72 bits per heavy atom. The van der Waals surface area contributed by atoms with Crippen molar-refractivity contribution in [3.8, 4) is 0 Å². The SMILES string of the molecule is C=CC(=O)C(CON=C=O)(C(=O)C=C)C(=O)C=C. The third-order valence-electron chi connectivity index (χ3n) is 2.20. The first-order valence-corrected chi connectivity index (χ1v) is 4.71. The van der Waals surface area contributed by atoms with Crippen LogP contribution in [0.3, 0.4) is 0 Å². The molecule has 0 aliphatic rings. The molecule has 0 unspecified atom stereocenters. The average molecular weight is 249 g/mol. The summed E-state index contributed by atoms with van der Waals surface area (Å²) in [6.45, 7) is 8.86. The van der Waals surface area contributed by atoms with Gasteiger partial charge in [-0.3, -0.25) is 14.4 Å². The van der Waals surface area contributed by atoms with Crippen LogP contribution in [0.15, 0.2) is 43.1 Å². The number of carbonyl (C=O) groups excluding carboxylic acids is 4. The maximum atomic E-state index is 11.8. The molecule has 18 heavy (non-hydrogen) atoms. The van der Waals surface area contributed by atoms with E-state index in [-0.39, 0.29) is 0 Å². The number of hydrogen-bond donors (Lipinski definition) is 0. The van der Waals surface area contributed by atoms with Gasteiger partial charge in [0.25, 0.3) is 6.08 Å². The number of allylic oxidation sites excluding steroid dienone is 3. The lowest BCUT2D eigenvalue weighted by atomic mass is 9.75. The summed E-state index contributed by atoms with van der Waals surface area (Å²) in [7, 11) is 0. The summed E-state index contributed by atoms with van der Waals surface area (Å²) in [6.07, 6.45) is 3.46. The molecule has 0 heterocycles. The first-order valence-electron chi connectivity index (χ1n) is 4.71. The molecule has 0 spiro atoms. The highest BCUT2D eigenvalue weighted by Gasteiger charge is 2.49. The van der Waals surface area contributed by atoms with Gasteiger partial charge in [-0.2, -0.15) is 0 Å². The van der Waals surface area contributed by atoms with E-state index in [0.717, 1.165) is 24.3 Å². The zero-order valence-corrected chi connectivity index (χ0v) is 9.55. The predicted molar refractivity (Wildman–Crippen MR) is 62.1 cm³/mol. The van der Waals surface area contributed by atoms with Crippen LogP contribution in [0.25, 0.3) is 0 Å². The Balaban J connectivity index is 5.75. The van der Waals surface area contributed by atoms with Crippen LogP contribution in [0.1, 0.15) is 0 Å². The molecule has 0 aromatic carbocycles. The highest BCUT2D eigenvalue weighted by atomic mass is 16.6. The van der Waals surface area contributed by atoms with Gasteiger partial charge in [-0.05, 0) is 18.2 Å². The molecule has 6 heteroatoms. The highest BCUT2D eigenvalue weighted by molar-refractivity contribution is 6.31. The van der Waals surface area contributed by atoms with E-state index < -0.39 is 29.4 Å². The van der Waals surface area contributed by atoms with E-state index >= 15 is 0 Å². The summed E-state index contributed by atoms with van der Waals surface area (Å²) >= 11 is 0. The van der Waals surface area contributed by atoms with Crippen LogP contribution in [-0.2, 0) is 24.0 Å². The molecule has 0 atom stereocenters. The van der Waals surface area contributed by atoms with Gasteiger partial charge in [0.05, 0.1) is 0 Å². The van der Waals surface area contributed by atoms with E-state index in [1.165, 1.54) is 0 Å². The molecule has 94 valence electrons. The van der Waals surface area contributed by atoms with Crippen LogP contribution in [0.4, 0.5) is 0 Å². The molecule has 0 radical (unpaired) electrons. The van der Waals surface area contributed by atoms with Gasteiger partial charge in [-0.25, -0.2) is 4.79 Å². The first kappa shape index (κ1) is 15.4. The van der Waals surface area contributed by atoms with Gasteiger partial charge in [-0.1, -0.05) is 19.7 Å². The molecule has 0 bridgehead atoms. The zero-order valence-electron chi connectivity index (χ0n) is 9.55. The lowest BCUT2D eigenvalue weighted by Crippen LogP contribution is -2.47. The summed E-state index contributed by atoms with van der Waals surface area (Å²) in [5.41, 5.74) is -2.19. The highest BCUT2D eigenvalue weighted by Crippen LogP contribution is 2.24. The van der Waals surface area contributed by atoms with Gasteiger partial charge in [-0.15, -0.1) is 0 Å². The largest absolute Gasteiger partial charge is 0.384 e. The number of ketones is 3. The van der Waals surface area contributed by atoms with Crippen molar-refractivity contribution in [2.75, 3.05) is 6.61 Å². The van der Waals surface area contributed by atoms with E-state index in [4.69, 9.17) is 0 Å². The molecule has 0 fully saturated rings. The van der Waals surface area contributed by atoms with Crippen molar-refractivity contribution < 1.29 is 24.0 Å². The minimum atomic E-state index is -2.19. The fourth-order valence-corrected chi connectivity index (χ4v) is 1.26. The number of rotatable bonds is 9. The van der Waals surface area contributed by atoms with Gasteiger partial charge in [0.15, 0.2) is 22.8 Å². The minimum Gasteiger partial charge on any atom is -0.384 e. The number of carbonyl (C=O) groups is 3. The predicted octanol–water partition coefficient (Wildman–Crippen LogP) is 0.505. The van der Waals surface area contributed by atoms with E-state index in [1.54, 1.807) is 0 Å². The number of nitrogens with zero attached hydrogens (tertiary/aromatic N) is 1. The van der Waals surface area contributed by atoms with Gasteiger partial charge < -0.3 is 4.84 Å². The molecule has 6 nitrogen and oxygen atoms in total. The first-order chi connectivity index (χ1) is 8.50. The van der Waals surface area contributed by atoms with Crippen molar-refractivity contribution in [3.63, 3.8) is 0 Å². The normalized spacial score (nSPS) is 9.56. The van der Waals surface area contributed by atoms with Gasteiger partial charge in [0, 0.05) is 5.16 Å². The molecule has 0 aromatic heterocycles. The Kier molecular flexibility index (Phi) is 5.89. The Morgan fingerprint density at radius 2 is 1.44 bits per heavy atom. The average Bonchev–Trinajstić information content (AvgIpc) is 2.41. The Bertz CT molecular complexity index is 407. The number of hydrogen-bond acceptors (Lipinski definition) is 6. The second-order valence-electron chi connectivity index (χ2n) is 3.07. The van der Waals surface area contributed by atoms with Gasteiger partial charge >= 0.3 is 0 Å². The summed E-state index contributed by atoms with van der Waals surface area (Å²) in [5.74, 6) is -2.67. The van der Waals surface area contributed by atoms with Crippen molar-refractivity contribution in [2.45, 2.75) is 0 Å². The minimum absolute atomic E-state index is 0.747. The second-order valence-corrected chi connectivity index (χ2v) is 3.07. The smallest absolute Gasteiger partial charge is 0.276 e. The third-order valence-corrected chi connectivity index (χ3v) is 2.20. The lowest BCUT2D eigenvalue weighted by Gasteiger charge is -2.23. The lowest BCUT2D eigenvalue weighted by molar-refractivity contribution is -0.147. The van der Waals surface area contributed by atoms with Crippen molar-refractivity contribution in [2.24, 2.45) is 10.6 Å². The van der Waals surface area contributed by atoms with E-state index in [2.05, 4.69) is 29.7 Å². The van der Waals surface area contributed by atoms with E-state index in [0.29, 0.717) is 0 Å². The summed E-state index contributed by atoms with van der Waals surface area (Å²) in [6, 6.07) is 0. The molecular formula is C12H11NO5. The van der Waals surface area contributed by atoms with Crippen LogP contribution in [-0.4, -0.2) is 30.0 Å². The molecule has 0 aliphatic carbocycles. The molecule has 0 N–H and O–H groups in total. The molecule has 0 saturated carbocycles. The van der Waals surface area contributed by atoms with Crippen molar-refractivity contribution in [1.29, 1.82) is 0 Å². The van der Waals surface area contributed by atoms with E-state index in [1.807, 2.05) is 0 Å². The molecule has 0 rings (SSSR count). The fraction of sp³-hybridized carbons (Fsp3) is 0.167. The summed E-state index contributed by atoms with van der Waals surface area (Å²) in [5, 5.41) is 2.74. The van der Waals surface area contributed by atoms with Crippen molar-refractivity contribution in [3.05, 3.63) is 38.0 Å². The summed E-state index contributed by atoms with van der Waals surface area (Å²) in [4.78, 5) is 49.5. The maximum Gasteiger partial charge on any atom is 0.276 e. The van der Waals surface area contributed by atoms with Crippen LogP contribution < -0.4 is 0 Å². The fourth-order valence-electron chi connectivity index (χ4n) is 1.26. The Morgan fingerprint density at radius 1 is 1.06 bits per heavy atom. The second kappa shape index (κ2) is 6.88. The van der Waals surface area contributed by atoms with Crippen LogP contribution >= 0.6 is 0 Å². The van der Waals surface area contributed by atoms with Crippen molar-refractivity contribution in [1.82, 2.24) is 0 Å². The van der Waals surface area contributed by atoms with E-state index in [9.17, 15) is 19.2 Å². The standard InChI is InChI=1S/C12H11NO5/c1-4-9(15)12(10(16)5-2,11(17)6-3)7-18-13-8-14/h4-6H,1-3,7H2. The van der Waals surface area contributed by atoms with Crippen LogP contribution in [0.2, 0.25) is 0 Å². The van der Waals surface area contributed by atoms with Crippen LogP contribution in [0.5, 0.6) is 0 Å². The molecule has 0 aliphatic heterocycles. The maximum absolute atomic E-state index is 11.8. The summed E-state index contributed by atoms with van der Waals surface area (Å²) < 4.78 is 0. The van der Waals surface area contributed by atoms with Crippen LogP contribution in [0, 0.1) is 5.41 Å². The number of isocyanates is 1. The topological polar surface area (TPSA) is 89.9 Å².